The number of aromatic carboxylic acids is 1. The number of amides is 1. The summed E-state index contributed by atoms with van der Waals surface area (Å²) in [5.41, 5.74) is 5.17. The first-order chi connectivity index (χ1) is 7.09. The predicted molar refractivity (Wildman–Crippen MR) is 54.0 cm³/mol. The Morgan fingerprint density at radius 3 is 2.80 bits per heavy atom. The molecule has 1 saturated heterocycles. The molecule has 0 saturated carbocycles. The summed E-state index contributed by atoms with van der Waals surface area (Å²) in [6, 6.07) is -0.335. The third kappa shape index (κ3) is 1.65. The molecule has 7 heteroatoms. The molecule has 0 aliphatic carbocycles. The second-order valence-corrected chi connectivity index (χ2v) is 4.22. The summed E-state index contributed by atoms with van der Waals surface area (Å²) in [5.74, 6) is -1.40. The molecule has 0 spiro atoms. The molecule has 2 rings (SSSR count). The number of thiazole rings is 1. The van der Waals surface area contributed by atoms with Gasteiger partial charge in [0.2, 0.25) is 5.91 Å². The zero-order valence-electron chi connectivity index (χ0n) is 7.71. The third-order valence-corrected chi connectivity index (χ3v) is 3.32. The van der Waals surface area contributed by atoms with Crippen molar-refractivity contribution < 1.29 is 14.7 Å². The van der Waals surface area contributed by atoms with Crippen LogP contribution in [0, 0.1) is 0 Å². The molecule has 1 fully saturated rings. The van der Waals surface area contributed by atoms with Gasteiger partial charge in [-0.15, -0.1) is 0 Å². The Hall–Kier alpha value is -1.63. The molecule has 1 atom stereocenters. The summed E-state index contributed by atoms with van der Waals surface area (Å²) < 4.78 is 0. The number of carbonyl (C=O) groups is 2. The van der Waals surface area contributed by atoms with Crippen molar-refractivity contribution in [2.75, 3.05) is 11.4 Å². The van der Waals surface area contributed by atoms with Crippen LogP contribution in [-0.2, 0) is 4.79 Å². The Labute approximate surface area is 89.3 Å². The maximum atomic E-state index is 10.9. The smallest absolute Gasteiger partial charge is 0.347 e. The second-order valence-electron chi connectivity index (χ2n) is 3.21. The van der Waals surface area contributed by atoms with E-state index in [1.54, 1.807) is 4.90 Å². The van der Waals surface area contributed by atoms with E-state index in [-0.39, 0.29) is 10.9 Å². The number of hydrogen-bond donors (Lipinski definition) is 2. The van der Waals surface area contributed by atoms with Crippen LogP contribution in [0.25, 0.3) is 0 Å². The summed E-state index contributed by atoms with van der Waals surface area (Å²) >= 11 is 1.05. The summed E-state index contributed by atoms with van der Waals surface area (Å²) in [6.07, 6.45) is 2.00. The Morgan fingerprint density at radius 1 is 1.67 bits per heavy atom. The maximum absolute atomic E-state index is 10.9. The number of nitrogens with two attached hydrogens (primary N) is 1. The Kier molecular flexibility index (Phi) is 2.31. The summed E-state index contributed by atoms with van der Waals surface area (Å²) in [4.78, 5) is 27.4. The number of hydrogen-bond acceptors (Lipinski definition) is 5. The van der Waals surface area contributed by atoms with Gasteiger partial charge in [-0.3, -0.25) is 4.79 Å². The second kappa shape index (κ2) is 3.50. The molecule has 6 nitrogen and oxygen atoms in total. The van der Waals surface area contributed by atoms with E-state index in [1.807, 2.05) is 0 Å². The van der Waals surface area contributed by atoms with E-state index in [1.165, 1.54) is 6.20 Å². The SMILES string of the molecule is NC(=O)C1CCN1c1ncc(C(=O)O)s1. The quantitative estimate of drug-likeness (QED) is 0.752. The first kappa shape index (κ1) is 9.91. The van der Waals surface area contributed by atoms with Crippen molar-refractivity contribution in [1.29, 1.82) is 0 Å². The molecule has 1 aromatic rings. The van der Waals surface area contributed by atoms with E-state index in [4.69, 9.17) is 10.8 Å². The van der Waals surface area contributed by atoms with E-state index in [0.29, 0.717) is 18.1 Å². The fourth-order valence-electron chi connectivity index (χ4n) is 1.41. The number of aromatic nitrogens is 1. The lowest BCUT2D eigenvalue weighted by Gasteiger charge is -2.38. The standard InChI is InChI=1S/C8H9N3O3S/c9-6(12)4-1-2-11(4)8-10-3-5(15-8)7(13)14/h3-4H,1-2H2,(H2,9,12)(H,13,14). The number of carboxylic acid groups (broad SMARTS) is 1. The van der Waals surface area contributed by atoms with Crippen molar-refractivity contribution >= 4 is 28.3 Å². The summed E-state index contributed by atoms with van der Waals surface area (Å²) in [6.45, 7) is 0.695. The Bertz CT molecular complexity index is 417. The van der Waals surface area contributed by atoms with Gasteiger partial charge in [-0.05, 0) is 6.42 Å². The van der Waals surface area contributed by atoms with Crippen molar-refractivity contribution in [2.45, 2.75) is 12.5 Å². The molecule has 1 aliphatic rings. The number of anilines is 1. The lowest BCUT2D eigenvalue weighted by molar-refractivity contribution is -0.120. The van der Waals surface area contributed by atoms with Gasteiger partial charge in [0.25, 0.3) is 0 Å². The lowest BCUT2D eigenvalue weighted by atomic mass is 10.0. The highest BCUT2D eigenvalue weighted by Crippen LogP contribution is 2.30. The van der Waals surface area contributed by atoms with Crippen LogP contribution in [0.3, 0.4) is 0 Å². The van der Waals surface area contributed by atoms with Crippen molar-refractivity contribution in [3.63, 3.8) is 0 Å². The number of carboxylic acids is 1. The van der Waals surface area contributed by atoms with Gasteiger partial charge in [0, 0.05) is 6.54 Å². The molecule has 2 heterocycles. The highest BCUT2D eigenvalue weighted by atomic mass is 32.1. The molecule has 0 radical (unpaired) electrons. The molecule has 1 aromatic heterocycles. The first-order valence-corrected chi connectivity index (χ1v) is 5.16. The van der Waals surface area contributed by atoms with Crippen molar-refractivity contribution in [1.82, 2.24) is 4.98 Å². The van der Waals surface area contributed by atoms with E-state index in [9.17, 15) is 9.59 Å². The largest absolute Gasteiger partial charge is 0.477 e. The minimum atomic E-state index is -1.00. The lowest BCUT2D eigenvalue weighted by Crippen LogP contribution is -2.55. The zero-order chi connectivity index (χ0) is 11.0. The van der Waals surface area contributed by atoms with Crippen molar-refractivity contribution in [2.24, 2.45) is 5.73 Å². The number of primary amides is 1. The molecule has 1 amide bonds. The predicted octanol–water partition coefficient (Wildman–Crippen LogP) is -0.0947. The van der Waals surface area contributed by atoms with E-state index in [2.05, 4.69) is 4.98 Å². The fraction of sp³-hybridized carbons (Fsp3) is 0.375. The molecular weight excluding hydrogens is 218 g/mol. The van der Waals surface area contributed by atoms with Crippen LogP contribution in [0.5, 0.6) is 0 Å². The maximum Gasteiger partial charge on any atom is 0.347 e. The first-order valence-electron chi connectivity index (χ1n) is 4.34. The molecule has 15 heavy (non-hydrogen) atoms. The van der Waals surface area contributed by atoms with Crippen LogP contribution < -0.4 is 10.6 Å². The minimum Gasteiger partial charge on any atom is -0.477 e. The van der Waals surface area contributed by atoms with Crippen molar-refractivity contribution in [3.8, 4) is 0 Å². The monoisotopic (exact) mass is 227 g/mol. The van der Waals surface area contributed by atoms with Crippen LogP contribution in [0.1, 0.15) is 16.1 Å². The van der Waals surface area contributed by atoms with Gasteiger partial charge < -0.3 is 15.7 Å². The van der Waals surface area contributed by atoms with Crippen LogP contribution >= 0.6 is 11.3 Å². The molecule has 1 aliphatic heterocycles. The summed E-state index contributed by atoms with van der Waals surface area (Å²) in [7, 11) is 0. The average Bonchev–Trinajstić information content (AvgIpc) is 2.49. The van der Waals surface area contributed by atoms with Crippen LogP contribution in [0.4, 0.5) is 5.13 Å². The van der Waals surface area contributed by atoms with Crippen LogP contribution in [0.15, 0.2) is 6.20 Å². The molecule has 0 aromatic carbocycles. The highest BCUT2D eigenvalue weighted by Gasteiger charge is 2.34. The molecule has 3 N–H and O–H groups in total. The van der Waals surface area contributed by atoms with Gasteiger partial charge >= 0.3 is 5.97 Å². The Morgan fingerprint density at radius 2 is 2.40 bits per heavy atom. The Balaban J connectivity index is 2.16. The van der Waals surface area contributed by atoms with Gasteiger partial charge in [0.1, 0.15) is 10.9 Å². The average molecular weight is 227 g/mol. The van der Waals surface area contributed by atoms with Gasteiger partial charge in [-0.2, -0.15) is 0 Å². The summed E-state index contributed by atoms with van der Waals surface area (Å²) in [5, 5.41) is 9.25. The van der Waals surface area contributed by atoms with Gasteiger partial charge in [0.15, 0.2) is 5.13 Å². The normalized spacial score (nSPS) is 19.7. The van der Waals surface area contributed by atoms with Gasteiger partial charge in [0.05, 0.1) is 6.20 Å². The van der Waals surface area contributed by atoms with Crippen LogP contribution in [0.2, 0.25) is 0 Å². The van der Waals surface area contributed by atoms with Gasteiger partial charge in [-0.25, -0.2) is 9.78 Å². The highest BCUT2D eigenvalue weighted by molar-refractivity contribution is 7.17. The van der Waals surface area contributed by atoms with Crippen LogP contribution in [-0.4, -0.2) is 34.6 Å². The number of carbonyl (C=O) groups excluding carboxylic acids is 1. The van der Waals surface area contributed by atoms with Crippen molar-refractivity contribution in [3.05, 3.63) is 11.1 Å². The molecule has 80 valence electrons. The fourth-order valence-corrected chi connectivity index (χ4v) is 2.24. The number of rotatable bonds is 3. The zero-order valence-corrected chi connectivity index (χ0v) is 8.53. The molecule has 0 bridgehead atoms. The van der Waals surface area contributed by atoms with E-state index < -0.39 is 11.9 Å². The third-order valence-electron chi connectivity index (χ3n) is 2.30. The molecular formula is C8H9N3O3S. The van der Waals surface area contributed by atoms with E-state index in [0.717, 1.165) is 11.3 Å². The van der Waals surface area contributed by atoms with E-state index >= 15 is 0 Å². The number of nitrogens with zero attached hydrogens (tertiary/aromatic N) is 2. The van der Waals surface area contributed by atoms with Gasteiger partial charge in [-0.1, -0.05) is 11.3 Å². The minimum absolute atomic E-state index is 0.167. The topological polar surface area (TPSA) is 96.5 Å². The molecule has 1 unspecified atom stereocenters.